The van der Waals surface area contributed by atoms with Crippen molar-refractivity contribution in [2.75, 3.05) is 5.32 Å². The quantitative estimate of drug-likeness (QED) is 0.813. The maximum atomic E-state index is 13.8. The average Bonchev–Trinajstić information content (AvgIpc) is 2.27. The third-order valence-electron chi connectivity index (χ3n) is 2.93. The van der Waals surface area contributed by atoms with Crippen LogP contribution in [0.15, 0.2) is 12.1 Å². The van der Waals surface area contributed by atoms with E-state index in [1.807, 2.05) is 26.8 Å². The van der Waals surface area contributed by atoms with Crippen molar-refractivity contribution in [3.05, 3.63) is 29.1 Å². The second-order valence-corrected chi connectivity index (χ2v) is 5.14. The molecule has 1 aromatic rings. The first-order chi connectivity index (χ1) is 8.43. The largest absolute Gasteiger partial charge is 0.393 e. The molecule has 2 nitrogen and oxygen atoms in total. The minimum absolute atomic E-state index is 0.151. The van der Waals surface area contributed by atoms with Gasteiger partial charge in [-0.15, -0.1) is 0 Å². The number of halogens is 1. The molecule has 1 rings (SSSR count). The molecular weight excluding hydrogens is 229 g/mol. The number of aryl methyl sites for hydroxylation is 2. The molecule has 2 N–H and O–H groups in total. The van der Waals surface area contributed by atoms with Gasteiger partial charge in [-0.05, 0) is 57.2 Å². The summed E-state index contributed by atoms with van der Waals surface area (Å²) in [6.07, 6.45) is 1.82. The van der Waals surface area contributed by atoms with Crippen molar-refractivity contribution in [3.8, 4) is 0 Å². The Morgan fingerprint density at radius 2 is 1.89 bits per heavy atom. The van der Waals surface area contributed by atoms with E-state index in [2.05, 4.69) is 5.32 Å². The molecule has 0 aliphatic carbocycles. The fourth-order valence-electron chi connectivity index (χ4n) is 1.96. The van der Waals surface area contributed by atoms with Gasteiger partial charge >= 0.3 is 0 Å². The molecule has 102 valence electrons. The van der Waals surface area contributed by atoms with E-state index >= 15 is 0 Å². The maximum absolute atomic E-state index is 13.8. The van der Waals surface area contributed by atoms with E-state index in [9.17, 15) is 9.50 Å². The van der Waals surface area contributed by atoms with Crippen molar-refractivity contribution >= 4 is 5.69 Å². The lowest BCUT2D eigenvalue weighted by Crippen LogP contribution is -2.13. The Kier molecular flexibility index (Phi) is 5.60. The number of hydrogen-bond acceptors (Lipinski definition) is 2. The summed E-state index contributed by atoms with van der Waals surface area (Å²) in [7, 11) is 0. The number of hydrogen-bond donors (Lipinski definition) is 2. The van der Waals surface area contributed by atoms with Crippen LogP contribution in [-0.2, 0) is 12.8 Å². The molecule has 1 atom stereocenters. The second-order valence-electron chi connectivity index (χ2n) is 5.14. The van der Waals surface area contributed by atoms with Crippen LogP contribution in [0.4, 0.5) is 10.1 Å². The lowest BCUT2D eigenvalue weighted by atomic mass is 10.0. The van der Waals surface area contributed by atoms with Crippen LogP contribution < -0.4 is 5.32 Å². The monoisotopic (exact) mass is 253 g/mol. The van der Waals surface area contributed by atoms with Crippen LogP contribution in [0.1, 0.15) is 45.2 Å². The van der Waals surface area contributed by atoms with Crippen LogP contribution in [-0.4, -0.2) is 17.3 Å². The Morgan fingerprint density at radius 3 is 2.39 bits per heavy atom. The maximum Gasteiger partial charge on any atom is 0.128 e. The number of rotatable bonds is 6. The highest BCUT2D eigenvalue weighted by Crippen LogP contribution is 2.24. The fourth-order valence-corrected chi connectivity index (χ4v) is 1.96. The van der Waals surface area contributed by atoms with Gasteiger partial charge in [0.25, 0.3) is 0 Å². The summed E-state index contributed by atoms with van der Waals surface area (Å²) in [6.45, 7) is 7.79. The van der Waals surface area contributed by atoms with Gasteiger partial charge in [-0.25, -0.2) is 4.39 Å². The van der Waals surface area contributed by atoms with Gasteiger partial charge in [-0.1, -0.05) is 13.0 Å². The van der Waals surface area contributed by atoms with E-state index in [4.69, 9.17) is 0 Å². The molecule has 3 heteroatoms. The highest BCUT2D eigenvalue weighted by molar-refractivity contribution is 5.54. The SMILES string of the molecule is CCc1cc(CC[C@@H](C)O)c(NC(C)C)cc1F. The zero-order chi connectivity index (χ0) is 13.7. The molecule has 0 aromatic heterocycles. The summed E-state index contributed by atoms with van der Waals surface area (Å²) >= 11 is 0. The van der Waals surface area contributed by atoms with E-state index in [0.29, 0.717) is 12.8 Å². The third kappa shape index (κ3) is 4.30. The van der Waals surface area contributed by atoms with Gasteiger partial charge in [-0.3, -0.25) is 0 Å². The zero-order valence-electron chi connectivity index (χ0n) is 11.8. The molecule has 0 fully saturated rings. The van der Waals surface area contributed by atoms with E-state index in [1.165, 1.54) is 0 Å². The average molecular weight is 253 g/mol. The first-order valence-electron chi connectivity index (χ1n) is 6.70. The van der Waals surface area contributed by atoms with Crippen LogP contribution >= 0.6 is 0 Å². The topological polar surface area (TPSA) is 32.3 Å². The predicted molar refractivity (Wildman–Crippen MR) is 74.5 cm³/mol. The summed E-state index contributed by atoms with van der Waals surface area (Å²) in [5.41, 5.74) is 2.67. The zero-order valence-corrected chi connectivity index (χ0v) is 11.8. The van der Waals surface area contributed by atoms with Crippen LogP contribution in [0, 0.1) is 5.82 Å². The summed E-state index contributed by atoms with van der Waals surface area (Å²) in [5, 5.41) is 12.6. The smallest absolute Gasteiger partial charge is 0.128 e. The van der Waals surface area contributed by atoms with Crippen LogP contribution in [0.5, 0.6) is 0 Å². The molecule has 0 radical (unpaired) electrons. The molecule has 0 spiro atoms. The summed E-state index contributed by atoms with van der Waals surface area (Å²) in [4.78, 5) is 0. The Bertz CT molecular complexity index is 388. The van der Waals surface area contributed by atoms with Gasteiger partial charge in [0.05, 0.1) is 6.10 Å². The Hall–Kier alpha value is -1.09. The van der Waals surface area contributed by atoms with Crippen molar-refractivity contribution in [1.82, 2.24) is 0 Å². The molecule has 0 unspecified atom stereocenters. The molecule has 0 bridgehead atoms. The van der Waals surface area contributed by atoms with Gasteiger partial charge < -0.3 is 10.4 Å². The van der Waals surface area contributed by atoms with E-state index in [-0.39, 0.29) is 18.0 Å². The molecule has 0 aliphatic rings. The van der Waals surface area contributed by atoms with Gasteiger partial charge in [0.1, 0.15) is 5.82 Å². The minimum atomic E-state index is -0.327. The normalized spacial score (nSPS) is 12.8. The number of aliphatic hydroxyl groups excluding tert-OH is 1. The van der Waals surface area contributed by atoms with Crippen LogP contribution in [0.3, 0.4) is 0 Å². The number of nitrogens with one attached hydrogen (secondary N) is 1. The summed E-state index contributed by atoms with van der Waals surface area (Å²) < 4.78 is 13.8. The number of anilines is 1. The van der Waals surface area contributed by atoms with E-state index in [1.54, 1.807) is 13.0 Å². The molecule has 0 aliphatic heterocycles. The molecule has 0 saturated heterocycles. The first kappa shape index (κ1) is 15.0. The van der Waals surface area contributed by atoms with Crippen molar-refractivity contribution < 1.29 is 9.50 Å². The predicted octanol–water partition coefficient (Wildman–Crippen LogP) is 3.52. The van der Waals surface area contributed by atoms with Gasteiger partial charge in [-0.2, -0.15) is 0 Å². The molecule has 1 aromatic carbocycles. The van der Waals surface area contributed by atoms with E-state index < -0.39 is 0 Å². The van der Waals surface area contributed by atoms with Gasteiger partial charge in [0.2, 0.25) is 0 Å². The number of benzene rings is 1. The molecule has 0 amide bonds. The lowest BCUT2D eigenvalue weighted by molar-refractivity contribution is 0.185. The fraction of sp³-hybridized carbons (Fsp3) is 0.600. The van der Waals surface area contributed by atoms with Crippen molar-refractivity contribution in [2.45, 2.75) is 59.1 Å². The Labute approximate surface area is 109 Å². The Balaban J connectivity index is 3.00. The lowest BCUT2D eigenvalue weighted by Gasteiger charge is -2.17. The van der Waals surface area contributed by atoms with Gasteiger partial charge in [0, 0.05) is 11.7 Å². The van der Waals surface area contributed by atoms with Crippen molar-refractivity contribution in [1.29, 1.82) is 0 Å². The molecular formula is C15H24FNO. The number of aliphatic hydroxyl groups is 1. The third-order valence-corrected chi connectivity index (χ3v) is 2.93. The Morgan fingerprint density at radius 1 is 1.22 bits per heavy atom. The standard InChI is InChI=1S/C15H24FNO/c1-5-12-8-13(7-6-11(4)18)15(9-14(12)16)17-10(2)3/h8-11,17-18H,5-7H2,1-4H3/t11-/m1/s1. The highest BCUT2D eigenvalue weighted by atomic mass is 19.1. The van der Waals surface area contributed by atoms with Crippen molar-refractivity contribution in [2.24, 2.45) is 0 Å². The summed E-state index contributed by atoms with van der Waals surface area (Å²) in [6, 6.07) is 3.76. The first-order valence-corrected chi connectivity index (χ1v) is 6.70. The highest BCUT2D eigenvalue weighted by Gasteiger charge is 2.10. The van der Waals surface area contributed by atoms with Gasteiger partial charge in [0.15, 0.2) is 0 Å². The second kappa shape index (κ2) is 6.74. The van der Waals surface area contributed by atoms with E-state index in [0.717, 1.165) is 23.2 Å². The summed E-state index contributed by atoms with van der Waals surface area (Å²) in [5.74, 6) is -0.151. The minimum Gasteiger partial charge on any atom is -0.393 e. The van der Waals surface area contributed by atoms with Crippen molar-refractivity contribution in [3.63, 3.8) is 0 Å². The molecule has 0 saturated carbocycles. The van der Waals surface area contributed by atoms with Crippen LogP contribution in [0.25, 0.3) is 0 Å². The molecule has 18 heavy (non-hydrogen) atoms. The van der Waals surface area contributed by atoms with Crippen LogP contribution in [0.2, 0.25) is 0 Å². The molecule has 0 heterocycles.